The Labute approximate surface area is 87.2 Å². The summed E-state index contributed by atoms with van der Waals surface area (Å²) in [6.45, 7) is 0. The first-order chi connectivity index (χ1) is 7.31. The van der Waals surface area contributed by atoms with Crippen LogP contribution < -0.4 is 5.48 Å². The third-order valence-electron chi connectivity index (χ3n) is 2.18. The lowest BCUT2D eigenvalue weighted by Gasteiger charge is -2.05. The highest BCUT2D eigenvalue weighted by Crippen LogP contribution is 2.22. The third kappa shape index (κ3) is 2.41. The average Bonchev–Trinajstić information content (AvgIpc) is 3.09. The summed E-state index contributed by atoms with van der Waals surface area (Å²) in [4.78, 5) is 27.3. The maximum Gasteiger partial charge on any atom is 0.275 e. The Morgan fingerprint density at radius 3 is 2.80 bits per heavy atom. The first-order valence-corrected chi connectivity index (χ1v) is 4.81. The molecule has 0 saturated heterocycles. The Hall–Kier alpha value is -1.68. The minimum Gasteiger partial charge on any atom is -0.298 e. The molecule has 1 fully saturated rings. The van der Waals surface area contributed by atoms with Crippen LogP contribution in [0.25, 0.3) is 0 Å². The quantitative estimate of drug-likeness (QED) is 0.595. The van der Waals surface area contributed by atoms with Gasteiger partial charge in [0.25, 0.3) is 5.91 Å². The van der Waals surface area contributed by atoms with Crippen LogP contribution in [0.5, 0.6) is 0 Å². The number of hydroxylamine groups is 1. The maximum atomic E-state index is 11.6. The second-order valence-corrected chi connectivity index (χ2v) is 3.45. The first kappa shape index (κ1) is 9.86. The van der Waals surface area contributed by atoms with Crippen LogP contribution >= 0.6 is 0 Å². The number of rotatable bonds is 4. The molecule has 1 amide bonds. The average molecular weight is 205 g/mol. The Morgan fingerprint density at radius 1 is 1.40 bits per heavy atom. The Bertz CT molecular complexity index is 385. The van der Waals surface area contributed by atoms with Gasteiger partial charge in [-0.15, -0.1) is 0 Å². The predicted molar refractivity (Wildman–Crippen MR) is 53.4 cm³/mol. The van der Waals surface area contributed by atoms with Crippen LogP contribution in [0.15, 0.2) is 24.3 Å². The largest absolute Gasteiger partial charge is 0.298 e. The van der Waals surface area contributed by atoms with E-state index in [1.54, 1.807) is 24.3 Å². The molecule has 0 aliphatic heterocycles. The van der Waals surface area contributed by atoms with E-state index < -0.39 is 0 Å². The summed E-state index contributed by atoms with van der Waals surface area (Å²) < 4.78 is 0. The summed E-state index contributed by atoms with van der Waals surface area (Å²) >= 11 is 0. The SMILES string of the molecule is O=Cc1ccccc1C(=O)NOC1CC1. The zero-order valence-corrected chi connectivity index (χ0v) is 8.10. The molecule has 0 bridgehead atoms. The van der Waals surface area contributed by atoms with E-state index in [-0.39, 0.29) is 12.0 Å². The number of aldehydes is 1. The standard InChI is InChI=1S/C11H11NO3/c13-7-8-3-1-2-4-10(8)11(14)12-15-9-5-6-9/h1-4,7,9H,5-6H2,(H,12,14). The van der Waals surface area contributed by atoms with E-state index in [0.717, 1.165) is 12.8 Å². The number of benzene rings is 1. The summed E-state index contributed by atoms with van der Waals surface area (Å²) in [5, 5.41) is 0. The highest BCUT2D eigenvalue weighted by atomic mass is 16.7. The second kappa shape index (κ2) is 4.23. The van der Waals surface area contributed by atoms with E-state index in [0.29, 0.717) is 17.4 Å². The van der Waals surface area contributed by atoms with E-state index >= 15 is 0 Å². The van der Waals surface area contributed by atoms with E-state index in [2.05, 4.69) is 5.48 Å². The molecular weight excluding hydrogens is 194 g/mol. The number of carbonyl (C=O) groups excluding carboxylic acids is 2. The zero-order chi connectivity index (χ0) is 10.7. The number of hydrogen-bond donors (Lipinski definition) is 1. The summed E-state index contributed by atoms with van der Waals surface area (Å²) in [5.74, 6) is -0.371. The highest BCUT2D eigenvalue weighted by molar-refractivity contribution is 6.00. The van der Waals surface area contributed by atoms with Crippen LogP contribution in [0.3, 0.4) is 0 Å². The third-order valence-corrected chi connectivity index (χ3v) is 2.18. The van der Waals surface area contributed by atoms with Crippen molar-refractivity contribution >= 4 is 12.2 Å². The van der Waals surface area contributed by atoms with Crippen molar-refractivity contribution in [1.29, 1.82) is 0 Å². The molecule has 15 heavy (non-hydrogen) atoms. The van der Waals surface area contributed by atoms with E-state index in [1.165, 1.54) is 0 Å². The van der Waals surface area contributed by atoms with Crippen molar-refractivity contribution in [3.05, 3.63) is 35.4 Å². The van der Waals surface area contributed by atoms with Crippen LogP contribution in [-0.4, -0.2) is 18.3 Å². The molecule has 0 aromatic heterocycles. The number of carbonyl (C=O) groups is 2. The molecule has 4 nitrogen and oxygen atoms in total. The van der Waals surface area contributed by atoms with E-state index in [4.69, 9.17) is 4.84 Å². The van der Waals surface area contributed by atoms with Gasteiger partial charge in [0.05, 0.1) is 11.7 Å². The molecule has 0 heterocycles. The monoisotopic (exact) mass is 205 g/mol. The van der Waals surface area contributed by atoms with Crippen LogP contribution in [0, 0.1) is 0 Å². The fraction of sp³-hybridized carbons (Fsp3) is 0.273. The molecule has 0 spiro atoms. The fourth-order valence-corrected chi connectivity index (χ4v) is 1.18. The summed E-state index contributed by atoms with van der Waals surface area (Å²) in [7, 11) is 0. The van der Waals surface area contributed by atoms with Gasteiger partial charge in [0.1, 0.15) is 0 Å². The predicted octanol–water partition coefficient (Wildman–Crippen LogP) is 1.32. The van der Waals surface area contributed by atoms with Gasteiger partial charge in [-0.05, 0) is 18.9 Å². The molecular formula is C11H11NO3. The molecule has 0 radical (unpaired) electrons. The number of nitrogens with one attached hydrogen (secondary N) is 1. The fourth-order valence-electron chi connectivity index (χ4n) is 1.18. The molecule has 1 aliphatic rings. The molecule has 1 aliphatic carbocycles. The van der Waals surface area contributed by atoms with Crippen molar-refractivity contribution in [2.45, 2.75) is 18.9 Å². The van der Waals surface area contributed by atoms with Gasteiger partial charge in [0.15, 0.2) is 6.29 Å². The van der Waals surface area contributed by atoms with E-state index in [9.17, 15) is 9.59 Å². The van der Waals surface area contributed by atoms with Crippen molar-refractivity contribution < 1.29 is 14.4 Å². The zero-order valence-electron chi connectivity index (χ0n) is 8.10. The maximum absolute atomic E-state index is 11.6. The van der Waals surface area contributed by atoms with Gasteiger partial charge in [-0.2, -0.15) is 0 Å². The molecule has 0 unspecified atom stereocenters. The van der Waals surface area contributed by atoms with Gasteiger partial charge in [-0.25, -0.2) is 5.48 Å². The van der Waals surface area contributed by atoms with Crippen molar-refractivity contribution in [2.75, 3.05) is 0 Å². The molecule has 2 rings (SSSR count). The van der Waals surface area contributed by atoms with Gasteiger partial charge in [0.2, 0.25) is 0 Å². The molecule has 4 heteroatoms. The minimum absolute atomic E-state index is 0.150. The smallest absolute Gasteiger partial charge is 0.275 e. The Morgan fingerprint density at radius 2 is 2.13 bits per heavy atom. The van der Waals surface area contributed by atoms with E-state index in [1.807, 2.05) is 0 Å². The first-order valence-electron chi connectivity index (χ1n) is 4.81. The number of hydrogen-bond acceptors (Lipinski definition) is 3. The molecule has 1 N–H and O–H groups in total. The van der Waals surface area contributed by atoms with Crippen molar-refractivity contribution in [1.82, 2.24) is 5.48 Å². The molecule has 0 atom stereocenters. The normalized spacial score (nSPS) is 14.7. The van der Waals surface area contributed by atoms with Gasteiger partial charge in [-0.1, -0.05) is 18.2 Å². The lowest BCUT2D eigenvalue weighted by molar-refractivity contribution is 0.0228. The van der Waals surface area contributed by atoms with Crippen molar-refractivity contribution in [3.8, 4) is 0 Å². The van der Waals surface area contributed by atoms with Crippen molar-refractivity contribution in [2.24, 2.45) is 0 Å². The van der Waals surface area contributed by atoms with Gasteiger partial charge in [-0.3, -0.25) is 14.4 Å². The van der Waals surface area contributed by atoms with Gasteiger partial charge in [0, 0.05) is 5.56 Å². The summed E-state index contributed by atoms with van der Waals surface area (Å²) in [5.41, 5.74) is 3.05. The lowest BCUT2D eigenvalue weighted by Crippen LogP contribution is -2.25. The highest BCUT2D eigenvalue weighted by Gasteiger charge is 2.24. The topological polar surface area (TPSA) is 55.4 Å². The lowest BCUT2D eigenvalue weighted by atomic mass is 10.1. The summed E-state index contributed by atoms with van der Waals surface area (Å²) in [6, 6.07) is 6.61. The van der Waals surface area contributed by atoms with Gasteiger partial charge < -0.3 is 0 Å². The molecule has 1 saturated carbocycles. The van der Waals surface area contributed by atoms with Crippen LogP contribution in [0.4, 0.5) is 0 Å². The van der Waals surface area contributed by atoms with Crippen LogP contribution in [-0.2, 0) is 4.84 Å². The molecule has 1 aromatic rings. The Balaban J connectivity index is 2.05. The molecule has 1 aromatic carbocycles. The van der Waals surface area contributed by atoms with Gasteiger partial charge >= 0.3 is 0 Å². The van der Waals surface area contributed by atoms with Crippen molar-refractivity contribution in [3.63, 3.8) is 0 Å². The second-order valence-electron chi connectivity index (χ2n) is 3.45. The molecule has 78 valence electrons. The Kier molecular flexibility index (Phi) is 2.78. The van der Waals surface area contributed by atoms with Crippen LogP contribution in [0.2, 0.25) is 0 Å². The summed E-state index contributed by atoms with van der Waals surface area (Å²) in [6.07, 6.45) is 2.77. The minimum atomic E-state index is -0.371. The number of amides is 1. The van der Waals surface area contributed by atoms with Crippen LogP contribution in [0.1, 0.15) is 33.6 Å².